The van der Waals surface area contributed by atoms with E-state index >= 15 is 0 Å². The lowest BCUT2D eigenvalue weighted by Crippen LogP contribution is -2.40. The van der Waals surface area contributed by atoms with Crippen molar-refractivity contribution in [2.45, 2.75) is 31.0 Å². The van der Waals surface area contributed by atoms with Gasteiger partial charge in [0.1, 0.15) is 0 Å². The summed E-state index contributed by atoms with van der Waals surface area (Å²) in [6.07, 6.45) is 0.322. The molecule has 0 aliphatic carbocycles. The fourth-order valence-corrected chi connectivity index (χ4v) is 4.18. The number of nitrogens with zero attached hydrogens (tertiary/aromatic N) is 2. The lowest BCUT2D eigenvalue weighted by Gasteiger charge is -2.31. The standard InChI is InChI=1S/C23H32N4OS.HI/c1-19-17-27(12-13-28-19)18-21-8-6-7-20(15-21)16-26-23(24-2)25-11-14-29-22-9-4-3-5-10-22;/h3-10,15,19H,11-14,16-18H2,1-2H3,(H2,24,25,26);1H. The second-order valence-corrected chi connectivity index (χ2v) is 8.42. The normalized spacial score (nSPS) is 17.3. The molecule has 0 bridgehead atoms. The van der Waals surface area contributed by atoms with Crippen molar-refractivity contribution >= 4 is 41.7 Å². The maximum absolute atomic E-state index is 5.64. The van der Waals surface area contributed by atoms with Crippen molar-refractivity contribution < 1.29 is 4.74 Å². The van der Waals surface area contributed by atoms with E-state index in [1.807, 2.05) is 24.9 Å². The second-order valence-electron chi connectivity index (χ2n) is 7.25. The Kier molecular flexibility index (Phi) is 11.6. The molecule has 2 aromatic carbocycles. The molecule has 3 rings (SSSR count). The molecule has 30 heavy (non-hydrogen) atoms. The lowest BCUT2D eigenvalue weighted by atomic mass is 10.1. The van der Waals surface area contributed by atoms with Crippen molar-refractivity contribution in [3.63, 3.8) is 0 Å². The van der Waals surface area contributed by atoms with Gasteiger partial charge in [-0.05, 0) is 30.2 Å². The monoisotopic (exact) mass is 540 g/mol. The van der Waals surface area contributed by atoms with E-state index in [-0.39, 0.29) is 24.0 Å². The molecular formula is C23H33IN4OS. The van der Waals surface area contributed by atoms with E-state index < -0.39 is 0 Å². The minimum atomic E-state index is 0. The third-order valence-corrected chi connectivity index (χ3v) is 5.83. The van der Waals surface area contributed by atoms with Crippen LogP contribution in [-0.4, -0.2) is 56.0 Å². The van der Waals surface area contributed by atoms with E-state index in [0.717, 1.165) is 51.0 Å². The molecule has 1 aliphatic rings. The van der Waals surface area contributed by atoms with Crippen molar-refractivity contribution in [3.05, 3.63) is 65.7 Å². The van der Waals surface area contributed by atoms with E-state index in [9.17, 15) is 0 Å². The number of aliphatic imine (C=N–C) groups is 1. The van der Waals surface area contributed by atoms with Gasteiger partial charge in [-0.2, -0.15) is 0 Å². The molecule has 164 valence electrons. The Labute approximate surface area is 202 Å². The van der Waals surface area contributed by atoms with Crippen molar-refractivity contribution in [2.24, 2.45) is 4.99 Å². The highest BCUT2D eigenvalue weighted by atomic mass is 127. The molecule has 1 saturated heterocycles. The zero-order valence-electron chi connectivity index (χ0n) is 17.8. The molecule has 2 N–H and O–H groups in total. The van der Waals surface area contributed by atoms with Crippen molar-refractivity contribution in [2.75, 3.05) is 39.0 Å². The Bertz CT molecular complexity index is 775. The van der Waals surface area contributed by atoms with Gasteiger partial charge in [0.15, 0.2) is 5.96 Å². The van der Waals surface area contributed by atoms with Crippen LogP contribution in [0.2, 0.25) is 0 Å². The number of thioether (sulfide) groups is 1. The summed E-state index contributed by atoms with van der Waals surface area (Å²) in [5.41, 5.74) is 2.62. The number of morpholine rings is 1. The largest absolute Gasteiger partial charge is 0.376 e. The van der Waals surface area contributed by atoms with Crippen LogP contribution in [0.25, 0.3) is 0 Å². The second kappa shape index (κ2) is 13.9. The Morgan fingerprint density at radius 1 is 1.13 bits per heavy atom. The van der Waals surface area contributed by atoms with Gasteiger partial charge < -0.3 is 15.4 Å². The van der Waals surface area contributed by atoms with E-state index in [1.54, 1.807) is 0 Å². The van der Waals surface area contributed by atoms with Crippen LogP contribution < -0.4 is 10.6 Å². The van der Waals surface area contributed by atoms with Gasteiger partial charge in [-0.25, -0.2) is 0 Å². The summed E-state index contributed by atoms with van der Waals surface area (Å²) >= 11 is 1.85. The Hall–Kier alpha value is -1.29. The molecule has 0 radical (unpaired) electrons. The number of nitrogens with one attached hydrogen (secondary N) is 2. The van der Waals surface area contributed by atoms with Crippen LogP contribution in [0, 0.1) is 0 Å². The van der Waals surface area contributed by atoms with Crippen molar-refractivity contribution in [1.82, 2.24) is 15.5 Å². The van der Waals surface area contributed by atoms with Gasteiger partial charge >= 0.3 is 0 Å². The van der Waals surface area contributed by atoms with Crippen LogP contribution in [0.4, 0.5) is 0 Å². The molecule has 1 heterocycles. The highest BCUT2D eigenvalue weighted by Gasteiger charge is 2.16. The quantitative estimate of drug-likeness (QED) is 0.175. The first-order valence-electron chi connectivity index (χ1n) is 10.3. The molecule has 2 aromatic rings. The van der Waals surface area contributed by atoms with Crippen LogP contribution in [0.1, 0.15) is 18.1 Å². The van der Waals surface area contributed by atoms with Crippen LogP contribution in [-0.2, 0) is 17.8 Å². The molecule has 0 spiro atoms. The minimum Gasteiger partial charge on any atom is -0.376 e. The van der Waals surface area contributed by atoms with E-state index in [1.165, 1.54) is 16.0 Å². The SMILES string of the molecule is CN=C(NCCSc1ccccc1)NCc1cccc(CN2CCOC(C)C2)c1.I. The molecule has 1 atom stereocenters. The van der Waals surface area contributed by atoms with Gasteiger partial charge in [0.25, 0.3) is 0 Å². The third kappa shape index (κ3) is 8.83. The predicted octanol–water partition coefficient (Wildman–Crippen LogP) is 3.98. The molecule has 0 amide bonds. The first-order valence-corrected chi connectivity index (χ1v) is 11.3. The predicted molar refractivity (Wildman–Crippen MR) is 138 cm³/mol. The number of hydrogen-bond acceptors (Lipinski definition) is 4. The molecular weight excluding hydrogens is 507 g/mol. The molecule has 5 nitrogen and oxygen atoms in total. The average molecular weight is 541 g/mol. The summed E-state index contributed by atoms with van der Waals surface area (Å²) < 4.78 is 5.64. The van der Waals surface area contributed by atoms with Crippen LogP contribution in [0.5, 0.6) is 0 Å². The first-order chi connectivity index (χ1) is 14.2. The maximum Gasteiger partial charge on any atom is 0.191 e. The molecule has 0 aromatic heterocycles. The zero-order valence-corrected chi connectivity index (χ0v) is 21.0. The summed E-state index contributed by atoms with van der Waals surface area (Å²) in [6.45, 7) is 7.58. The summed E-state index contributed by atoms with van der Waals surface area (Å²) in [7, 11) is 1.82. The molecule has 1 unspecified atom stereocenters. The number of rotatable bonds is 8. The van der Waals surface area contributed by atoms with E-state index in [0.29, 0.717) is 6.10 Å². The van der Waals surface area contributed by atoms with Gasteiger partial charge in [0.2, 0.25) is 0 Å². The Balaban J connectivity index is 0.00000320. The number of halogens is 1. The zero-order chi connectivity index (χ0) is 20.3. The van der Waals surface area contributed by atoms with Gasteiger partial charge in [-0.15, -0.1) is 35.7 Å². The summed E-state index contributed by atoms with van der Waals surface area (Å²) in [4.78, 5) is 8.09. The molecule has 7 heteroatoms. The number of benzene rings is 2. The Morgan fingerprint density at radius 3 is 2.70 bits per heavy atom. The summed E-state index contributed by atoms with van der Waals surface area (Å²) in [5, 5.41) is 6.81. The summed E-state index contributed by atoms with van der Waals surface area (Å²) in [5.74, 6) is 1.84. The highest BCUT2D eigenvalue weighted by Crippen LogP contribution is 2.15. The van der Waals surface area contributed by atoms with Crippen molar-refractivity contribution in [3.8, 4) is 0 Å². The smallest absolute Gasteiger partial charge is 0.191 e. The van der Waals surface area contributed by atoms with E-state index in [2.05, 4.69) is 76.0 Å². The average Bonchev–Trinajstić information content (AvgIpc) is 2.74. The minimum absolute atomic E-state index is 0. The van der Waals surface area contributed by atoms with Crippen LogP contribution in [0.3, 0.4) is 0 Å². The number of guanidine groups is 1. The van der Waals surface area contributed by atoms with Crippen LogP contribution >= 0.6 is 35.7 Å². The topological polar surface area (TPSA) is 48.9 Å². The van der Waals surface area contributed by atoms with Crippen LogP contribution in [0.15, 0.2) is 64.5 Å². The van der Waals surface area contributed by atoms with Gasteiger partial charge in [0, 0.05) is 50.4 Å². The van der Waals surface area contributed by atoms with Gasteiger partial charge in [0.05, 0.1) is 12.7 Å². The summed E-state index contributed by atoms with van der Waals surface area (Å²) in [6, 6.07) is 19.3. The Morgan fingerprint density at radius 2 is 1.93 bits per heavy atom. The fraction of sp³-hybridized carbons (Fsp3) is 0.435. The van der Waals surface area contributed by atoms with Gasteiger partial charge in [-0.3, -0.25) is 9.89 Å². The maximum atomic E-state index is 5.64. The fourth-order valence-electron chi connectivity index (χ4n) is 3.39. The third-order valence-electron chi connectivity index (χ3n) is 4.81. The molecule has 0 saturated carbocycles. The van der Waals surface area contributed by atoms with Gasteiger partial charge in [-0.1, -0.05) is 42.5 Å². The molecule has 1 fully saturated rings. The lowest BCUT2D eigenvalue weighted by molar-refractivity contribution is -0.0212. The highest BCUT2D eigenvalue weighted by molar-refractivity contribution is 14.0. The number of ether oxygens (including phenoxy) is 1. The number of hydrogen-bond donors (Lipinski definition) is 2. The van der Waals surface area contributed by atoms with Crippen molar-refractivity contribution in [1.29, 1.82) is 0 Å². The first kappa shape index (κ1) is 25.0. The van der Waals surface area contributed by atoms with E-state index in [4.69, 9.17) is 4.74 Å². The molecule has 1 aliphatic heterocycles.